The number of methoxy groups -OCH3 is 1. The molecule has 0 spiro atoms. The summed E-state index contributed by atoms with van der Waals surface area (Å²) in [5.41, 5.74) is 1.70. The van der Waals surface area contributed by atoms with Crippen LogP contribution in [0.1, 0.15) is 35.3 Å². The largest absolute Gasteiger partial charge is 0.496 e. The maximum atomic E-state index is 12.1. The van der Waals surface area contributed by atoms with E-state index in [1.807, 2.05) is 43.7 Å². The van der Waals surface area contributed by atoms with Crippen LogP contribution in [0.25, 0.3) is 10.9 Å². The summed E-state index contributed by atoms with van der Waals surface area (Å²) in [4.78, 5) is 8.89. The molecule has 3 heterocycles. The molecule has 0 aliphatic heterocycles. The SMILES string of the molecule is CCc1c(Cl)nc2ccc(C(O)(c3cnnn3C)c3cnc(C)n3C)cc2c1OC. The maximum absolute atomic E-state index is 12.1. The zero-order chi connectivity index (χ0) is 21.6. The van der Waals surface area contributed by atoms with Crippen molar-refractivity contribution in [3.05, 3.63) is 64.1 Å². The fourth-order valence-electron chi connectivity index (χ4n) is 3.89. The van der Waals surface area contributed by atoms with Gasteiger partial charge in [-0.1, -0.05) is 29.8 Å². The Morgan fingerprint density at radius 2 is 1.97 bits per heavy atom. The molecule has 3 aromatic heterocycles. The third-order valence-electron chi connectivity index (χ3n) is 5.63. The summed E-state index contributed by atoms with van der Waals surface area (Å²) < 4.78 is 9.10. The van der Waals surface area contributed by atoms with Crippen LogP contribution in [-0.2, 0) is 26.1 Å². The Morgan fingerprint density at radius 3 is 2.53 bits per heavy atom. The Bertz CT molecular complexity index is 1250. The van der Waals surface area contributed by atoms with Crippen LogP contribution in [0, 0.1) is 6.92 Å². The van der Waals surface area contributed by atoms with Crippen LogP contribution in [-0.4, -0.2) is 41.7 Å². The Balaban J connectivity index is 2.06. The van der Waals surface area contributed by atoms with Crippen LogP contribution < -0.4 is 4.74 Å². The Kier molecular flexibility index (Phi) is 4.99. The van der Waals surface area contributed by atoms with Gasteiger partial charge in [0.2, 0.25) is 0 Å². The normalized spacial score (nSPS) is 13.6. The van der Waals surface area contributed by atoms with E-state index in [-0.39, 0.29) is 0 Å². The van der Waals surface area contributed by atoms with Crippen molar-refractivity contribution in [1.29, 1.82) is 0 Å². The van der Waals surface area contributed by atoms with E-state index in [1.165, 1.54) is 0 Å². The number of pyridine rings is 1. The molecule has 1 N–H and O–H groups in total. The predicted molar refractivity (Wildman–Crippen MR) is 114 cm³/mol. The second-order valence-corrected chi connectivity index (χ2v) is 7.56. The van der Waals surface area contributed by atoms with Crippen LogP contribution in [0.3, 0.4) is 0 Å². The lowest BCUT2D eigenvalue weighted by molar-refractivity contribution is 0.108. The van der Waals surface area contributed by atoms with Gasteiger partial charge in [-0.05, 0) is 31.0 Å². The third kappa shape index (κ3) is 2.86. The zero-order valence-electron chi connectivity index (χ0n) is 17.5. The van der Waals surface area contributed by atoms with Gasteiger partial charge in [0, 0.05) is 25.0 Å². The molecule has 0 saturated heterocycles. The third-order valence-corrected chi connectivity index (χ3v) is 5.95. The lowest BCUT2D eigenvalue weighted by Crippen LogP contribution is -2.33. The van der Waals surface area contributed by atoms with Gasteiger partial charge in [-0.25, -0.2) is 14.6 Å². The van der Waals surface area contributed by atoms with Gasteiger partial charge >= 0.3 is 0 Å². The van der Waals surface area contributed by atoms with Crippen LogP contribution >= 0.6 is 11.6 Å². The monoisotopic (exact) mass is 426 g/mol. The Morgan fingerprint density at radius 1 is 1.20 bits per heavy atom. The van der Waals surface area contributed by atoms with Crippen LogP contribution in [0.2, 0.25) is 5.15 Å². The molecule has 4 aromatic rings. The average Bonchev–Trinajstić information content (AvgIpc) is 3.32. The van der Waals surface area contributed by atoms with Gasteiger partial charge in [-0.3, -0.25) is 0 Å². The summed E-state index contributed by atoms with van der Waals surface area (Å²) in [6.45, 7) is 3.88. The van der Waals surface area contributed by atoms with Gasteiger partial charge in [0.05, 0.1) is 30.7 Å². The molecule has 9 heteroatoms. The molecule has 4 rings (SSSR count). The number of imidazole rings is 1. The molecule has 0 aliphatic rings. The average molecular weight is 427 g/mol. The van der Waals surface area contributed by atoms with Gasteiger partial charge in [0.25, 0.3) is 0 Å². The molecule has 0 amide bonds. The first kappa shape index (κ1) is 20.3. The van der Waals surface area contributed by atoms with E-state index in [0.717, 1.165) is 16.8 Å². The molecular formula is C21H23ClN6O2. The molecule has 30 heavy (non-hydrogen) atoms. The molecule has 1 unspecified atom stereocenters. The molecule has 0 bridgehead atoms. The van der Waals surface area contributed by atoms with Crippen LogP contribution in [0.15, 0.2) is 30.6 Å². The number of aliphatic hydroxyl groups is 1. The van der Waals surface area contributed by atoms with E-state index < -0.39 is 5.60 Å². The molecule has 1 atom stereocenters. The molecule has 156 valence electrons. The fourth-order valence-corrected chi connectivity index (χ4v) is 4.20. The number of ether oxygens (including phenoxy) is 1. The number of halogens is 1. The number of benzene rings is 1. The maximum Gasteiger partial charge on any atom is 0.175 e. The molecule has 1 aromatic carbocycles. The Labute approximate surface area is 179 Å². The highest BCUT2D eigenvalue weighted by Gasteiger charge is 2.40. The number of hydrogen-bond donors (Lipinski definition) is 1. The highest BCUT2D eigenvalue weighted by molar-refractivity contribution is 6.31. The minimum Gasteiger partial charge on any atom is -0.496 e. The Hall–Kier alpha value is -2.97. The minimum absolute atomic E-state index is 0.419. The van der Waals surface area contributed by atoms with E-state index in [9.17, 15) is 5.11 Å². The van der Waals surface area contributed by atoms with E-state index in [4.69, 9.17) is 16.3 Å². The summed E-state index contributed by atoms with van der Waals surface area (Å²) >= 11 is 6.37. The highest BCUT2D eigenvalue weighted by Crippen LogP contribution is 2.40. The van der Waals surface area contributed by atoms with E-state index in [2.05, 4.69) is 20.3 Å². The summed E-state index contributed by atoms with van der Waals surface area (Å²) in [7, 11) is 5.22. The molecule has 0 saturated carbocycles. The lowest BCUT2D eigenvalue weighted by atomic mass is 9.86. The first-order valence-corrected chi connectivity index (χ1v) is 9.93. The number of rotatable bonds is 5. The smallest absolute Gasteiger partial charge is 0.175 e. The topological polar surface area (TPSA) is 90.9 Å². The molecular weight excluding hydrogens is 404 g/mol. The second kappa shape index (κ2) is 7.37. The van der Waals surface area contributed by atoms with Crippen LogP contribution in [0.5, 0.6) is 5.75 Å². The zero-order valence-corrected chi connectivity index (χ0v) is 18.3. The summed E-state index contributed by atoms with van der Waals surface area (Å²) in [5, 5.41) is 21.3. The number of fused-ring (bicyclic) bond motifs is 1. The quantitative estimate of drug-likeness (QED) is 0.493. The number of hydrogen-bond acceptors (Lipinski definition) is 6. The summed E-state index contributed by atoms with van der Waals surface area (Å²) in [5.74, 6) is 1.43. The van der Waals surface area contributed by atoms with Gasteiger partial charge < -0.3 is 14.4 Å². The van der Waals surface area contributed by atoms with Crippen molar-refractivity contribution in [3.63, 3.8) is 0 Å². The van der Waals surface area contributed by atoms with Gasteiger partial charge in [0.1, 0.15) is 22.4 Å². The van der Waals surface area contributed by atoms with Crippen LogP contribution in [0.4, 0.5) is 0 Å². The minimum atomic E-state index is -1.54. The molecule has 0 radical (unpaired) electrons. The van der Waals surface area contributed by atoms with Crippen molar-refractivity contribution in [3.8, 4) is 5.75 Å². The first-order chi connectivity index (χ1) is 14.3. The van der Waals surface area contributed by atoms with Gasteiger partial charge in [0.15, 0.2) is 5.60 Å². The number of nitrogens with zero attached hydrogens (tertiary/aromatic N) is 6. The highest BCUT2D eigenvalue weighted by atomic mass is 35.5. The lowest BCUT2D eigenvalue weighted by Gasteiger charge is -2.29. The van der Waals surface area contributed by atoms with Crippen molar-refractivity contribution in [2.75, 3.05) is 7.11 Å². The summed E-state index contributed by atoms with van der Waals surface area (Å²) in [6.07, 6.45) is 3.90. The van der Waals surface area contributed by atoms with Crippen molar-refractivity contribution in [2.45, 2.75) is 25.9 Å². The molecule has 8 nitrogen and oxygen atoms in total. The van der Waals surface area contributed by atoms with Gasteiger partial charge in [-0.2, -0.15) is 0 Å². The molecule has 0 aliphatic carbocycles. The summed E-state index contributed by atoms with van der Waals surface area (Å²) in [6, 6.07) is 5.54. The van der Waals surface area contributed by atoms with Crippen molar-refractivity contribution < 1.29 is 9.84 Å². The van der Waals surface area contributed by atoms with E-state index in [1.54, 1.807) is 31.2 Å². The fraction of sp³-hybridized carbons (Fsp3) is 0.333. The van der Waals surface area contributed by atoms with Crippen molar-refractivity contribution >= 4 is 22.5 Å². The van der Waals surface area contributed by atoms with Gasteiger partial charge in [-0.15, -0.1) is 5.10 Å². The number of aromatic nitrogens is 6. The van der Waals surface area contributed by atoms with E-state index in [0.29, 0.717) is 39.8 Å². The van der Waals surface area contributed by atoms with E-state index >= 15 is 0 Å². The van der Waals surface area contributed by atoms with Crippen molar-refractivity contribution in [2.24, 2.45) is 14.1 Å². The molecule has 0 fully saturated rings. The second-order valence-electron chi connectivity index (χ2n) is 7.20. The first-order valence-electron chi connectivity index (χ1n) is 9.55. The predicted octanol–water partition coefficient (Wildman–Crippen LogP) is 2.91. The van der Waals surface area contributed by atoms with Crippen molar-refractivity contribution in [1.82, 2.24) is 29.5 Å². The standard InChI is InChI=1S/C21H23ClN6O2/c1-6-14-19(30-5)15-9-13(7-8-16(15)25-20(14)22)21(29,18-11-24-26-28(18)4)17-10-23-12(2)27(17)3/h7-11,29H,6H2,1-5H3. The number of aryl methyl sites for hydroxylation is 2.